The predicted molar refractivity (Wildman–Crippen MR) is 42.1 cm³/mol. The van der Waals surface area contributed by atoms with Crippen molar-refractivity contribution in [3.05, 3.63) is 29.6 Å². The van der Waals surface area contributed by atoms with Gasteiger partial charge >= 0.3 is 7.12 Å². The van der Waals surface area contributed by atoms with Gasteiger partial charge in [-0.25, -0.2) is 4.39 Å². The normalized spacial score (nSPS) is 10.0. The molecule has 0 saturated heterocycles. The molecule has 0 aliphatic carbocycles. The van der Waals surface area contributed by atoms with Gasteiger partial charge in [0.2, 0.25) is 0 Å². The number of aliphatic hydroxyl groups excluding tert-OH is 1. The molecule has 3 nitrogen and oxygen atoms in total. The van der Waals surface area contributed by atoms with Gasteiger partial charge in [0.1, 0.15) is 5.82 Å². The number of hydrogen-bond donors (Lipinski definition) is 3. The Morgan fingerprint density at radius 1 is 1.33 bits per heavy atom. The van der Waals surface area contributed by atoms with E-state index in [1.54, 1.807) is 0 Å². The lowest BCUT2D eigenvalue weighted by atomic mass is 9.77. The lowest BCUT2D eigenvalue weighted by Gasteiger charge is -2.05. The van der Waals surface area contributed by atoms with E-state index in [0.29, 0.717) is 5.56 Å². The minimum Gasteiger partial charge on any atom is -0.423 e. The standard InChI is InChI=1S/C7H8BFO3/c9-6-2-1-5(4-10)7(3-6)8(11)12/h1-3,10-12H,4H2. The van der Waals surface area contributed by atoms with E-state index in [-0.39, 0.29) is 12.1 Å². The minimum atomic E-state index is -1.75. The predicted octanol–water partition coefficient (Wildman–Crippen LogP) is -1.00. The van der Waals surface area contributed by atoms with Crippen LogP contribution in [0.1, 0.15) is 5.56 Å². The Morgan fingerprint density at radius 2 is 2.00 bits per heavy atom. The fraction of sp³-hybridized carbons (Fsp3) is 0.143. The van der Waals surface area contributed by atoms with Gasteiger partial charge in [-0.1, -0.05) is 6.07 Å². The lowest BCUT2D eigenvalue weighted by molar-refractivity contribution is 0.282. The molecular formula is C7H8BFO3. The first-order valence-electron chi connectivity index (χ1n) is 3.40. The summed E-state index contributed by atoms with van der Waals surface area (Å²) in [4.78, 5) is 0. The Balaban J connectivity index is 3.12. The Labute approximate surface area is 69.2 Å². The Hall–Kier alpha value is -0.905. The fourth-order valence-electron chi connectivity index (χ4n) is 0.950. The molecule has 1 aromatic carbocycles. The van der Waals surface area contributed by atoms with Crippen molar-refractivity contribution < 1.29 is 19.5 Å². The van der Waals surface area contributed by atoms with Crippen LogP contribution in [-0.2, 0) is 6.61 Å². The van der Waals surface area contributed by atoms with Crippen LogP contribution in [0.3, 0.4) is 0 Å². The summed E-state index contributed by atoms with van der Waals surface area (Å²) in [5.41, 5.74) is 0.309. The second kappa shape index (κ2) is 3.66. The molecule has 0 heterocycles. The topological polar surface area (TPSA) is 60.7 Å². The van der Waals surface area contributed by atoms with Crippen LogP contribution in [0.5, 0.6) is 0 Å². The third-order valence-corrected chi connectivity index (χ3v) is 1.56. The second-order valence-electron chi connectivity index (χ2n) is 2.37. The molecule has 0 bridgehead atoms. The highest BCUT2D eigenvalue weighted by molar-refractivity contribution is 6.59. The number of halogens is 1. The van der Waals surface area contributed by atoms with Gasteiger partial charge in [-0.15, -0.1) is 0 Å². The van der Waals surface area contributed by atoms with Crippen molar-refractivity contribution in [3.63, 3.8) is 0 Å². The molecule has 1 aromatic rings. The average molecular weight is 170 g/mol. The van der Waals surface area contributed by atoms with Gasteiger partial charge in [-0.2, -0.15) is 0 Å². The van der Waals surface area contributed by atoms with E-state index in [0.717, 1.165) is 12.1 Å². The monoisotopic (exact) mass is 170 g/mol. The molecule has 0 saturated carbocycles. The first-order valence-corrected chi connectivity index (χ1v) is 3.40. The third-order valence-electron chi connectivity index (χ3n) is 1.56. The number of hydrogen-bond acceptors (Lipinski definition) is 3. The van der Waals surface area contributed by atoms with Gasteiger partial charge in [0, 0.05) is 0 Å². The number of benzene rings is 1. The molecule has 3 N–H and O–H groups in total. The summed E-state index contributed by atoms with van der Waals surface area (Å²) >= 11 is 0. The van der Waals surface area contributed by atoms with Gasteiger partial charge in [0.25, 0.3) is 0 Å². The molecule has 0 unspecified atom stereocenters. The summed E-state index contributed by atoms with van der Waals surface area (Å²) in [7, 11) is -1.75. The largest absolute Gasteiger partial charge is 0.488 e. The first-order chi connectivity index (χ1) is 5.65. The molecule has 0 radical (unpaired) electrons. The molecular weight excluding hydrogens is 162 g/mol. The Bertz CT molecular complexity index is 277. The van der Waals surface area contributed by atoms with Gasteiger partial charge < -0.3 is 15.2 Å². The molecule has 0 spiro atoms. The highest BCUT2D eigenvalue weighted by Gasteiger charge is 2.15. The quantitative estimate of drug-likeness (QED) is 0.498. The summed E-state index contributed by atoms with van der Waals surface area (Å²) in [5.74, 6) is -0.560. The minimum absolute atomic E-state index is 0.00231. The van der Waals surface area contributed by atoms with Crippen molar-refractivity contribution in [2.24, 2.45) is 0 Å². The Kier molecular flexibility index (Phi) is 2.81. The van der Waals surface area contributed by atoms with Crippen LogP contribution in [0.4, 0.5) is 4.39 Å². The SMILES string of the molecule is OCc1ccc(F)cc1B(O)O. The molecule has 0 aliphatic rings. The van der Waals surface area contributed by atoms with Crippen LogP contribution in [0.2, 0.25) is 0 Å². The zero-order valence-corrected chi connectivity index (χ0v) is 6.24. The molecule has 64 valence electrons. The molecule has 0 fully saturated rings. The third kappa shape index (κ3) is 1.82. The van der Waals surface area contributed by atoms with Gasteiger partial charge in [-0.3, -0.25) is 0 Å². The van der Waals surface area contributed by atoms with Crippen LogP contribution >= 0.6 is 0 Å². The summed E-state index contributed by atoms with van der Waals surface area (Å²) in [5, 5.41) is 26.2. The van der Waals surface area contributed by atoms with Crippen molar-refractivity contribution in [2.45, 2.75) is 6.61 Å². The van der Waals surface area contributed by atoms with Crippen LogP contribution in [0.15, 0.2) is 18.2 Å². The van der Waals surface area contributed by atoms with Crippen molar-refractivity contribution in [1.29, 1.82) is 0 Å². The maximum atomic E-state index is 12.5. The van der Waals surface area contributed by atoms with Crippen LogP contribution < -0.4 is 5.46 Å². The zero-order chi connectivity index (χ0) is 9.14. The van der Waals surface area contributed by atoms with E-state index in [1.807, 2.05) is 0 Å². The fourth-order valence-corrected chi connectivity index (χ4v) is 0.950. The van der Waals surface area contributed by atoms with Crippen molar-refractivity contribution in [1.82, 2.24) is 0 Å². The maximum Gasteiger partial charge on any atom is 0.488 e. The van der Waals surface area contributed by atoms with E-state index < -0.39 is 12.9 Å². The van der Waals surface area contributed by atoms with Gasteiger partial charge in [-0.05, 0) is 23.2 Å². The molecule has 1 rings (SSSR count). The molecule has 0 amide bonds. The number of aliphatic hydroxyl groups is 1. The van der Waals surface area contributed by atoms with Crippen LogP contribution in [0.25, 0.3) is 0 Å². The summed E-state index contributed by atoms with van der Waals surface area (Å²) in [6.45, 7) is -0.340. The Morgan fingerprint density at radius 3 is 2.50 bits per heavy atom. The molecule has 0 atom stereocenters. The van der Waals surface area contributed by atoms with Crippen molar-refractivity contribution in [2.75, 3.05) is 0 Å². The maximum absolute atomic E-state index is 12.5. The van der Waals surface area contributed by atoms with E-state index in [1.165, 1.54) is 6.07 Å². The summed E-state index contributed by atoms with van der Waals surface area (Å²) in [6.07, 6.45) is 0. The molecule has 0 aliphatic heterocycles. The van der Waals surface area contributed by atoms with E-state index >= 15 is 0 Å². The highest BCUT2D eigenvalue weighted by atomic mass is 19.1. The van der Waals surface area contributed by atoms with Crippen molar-refractivity contribution >= 4 is 12.6 Å². The highest BCUT2D eigenvalue weighted by Crippen LogP contribution is 2.00. The lowest BCUT2D eigenvalue weighted by Crippen LogP contribution is -2.33. The molecule has 12 heavy (non-hydrogen) atoms. The average Bonchev–Trinajstić information content (AvgIpc) is 2.04. The van der Waals surface area contributed by atoms with Gasteiger partial charge in [0.05, 0.1) is 6.61 Å². The van der Waals surface area contributed by atoms with Crippen molar-refractivity contribution in [3.8, 4) is 0 Å². The van der Waals surface area contributed by atoms with E-state index in [9.17, 15) is 4.39 Å². The number of rotatable bonds is 2. The molecule has 0 aromatic heterocycles. The zero-order valence-electron chi connectivity index (χ0n) is 6.24. The second-order valence-corrected chi connectivity index (χ2v) is 2.37. The van der Waals surface area contributed by atoms with Crippen LogP contribution in [0, 0.1) is 5.82 Å². The summed E-state index contributed by atoms with van der Waals surface area (Å²) in [6, 6.07) is 3.44. The van der Waals surface area contributed by atoms with E-state index in [4.69, 9.17) is 15.2 Å². The smallest absolute Gasteiger partial charge is 0.423 e. The van der Waals surface area contributed by atoms with Crippen LogP contribution in [-0.4, -0.2) is 22.3 Å². The first kappa shape index (κ1) is 9.19. The van der Waals surface area contributed by atoms with E-state index in [2.05, 4.69) is 0 Å². The summed E-state index contributed by atoms with van der Waals surface area (Å²) < 4.78 is 12.5. The van der Waals surface area contributed by atoms with Gasteiger partial charge in [0.15, 0.2) is 0 Å². The molecule has 5 heteroatoms.